The molecule has 1 aromatic carbocycles. The van der Waals surface area contributed by atoms with Crippen molar-refractivity contribution in [2.24, 2.45) is 0 Å². The number of methoxy groups -OCH3 is 1. The Kier molecular flexibility index (Phi) is 5.28. The first-order chi connectivity index (χ1) is 10.8. The van der Waals surface area contributed by atoms with Crippen LogP contribution in [0.15, 0.2) is 18.2 Å². The summed E-state index contributed by atoms with van der Waals surface area (Å²) >= 11 is 0. The predicted octanol–water partition coefficient (Wildman–Crippen LogP) is 2.13. The molecule has 5 heteroatoms. The number of nitrogens with zero attached hydrogens (tertiary/aromatic N) is 2. The molecule has 1 aromatic rings. The Labute approximate surface area is 131 Å². The molecule has 2 aliphatic rings. The van der Waals surface area contributed by atoms with Gasteiger partial charge in [0.25, 0.3) is 0 Å². The van der Waals surface area contributed by atoms with Crippen LogP contribution >= 0.6 is 0 Å². The molecule has 2 heterocycles. The van der Waals surface area contributed by atoms with Gasteiger partial charge in [-0.3, -0.25) is 9.80 Å². The summed E-state index contributed by atoms with van der Waals surface area (Å²) in [5.41, 5.74) is 1.06. The second-order valence-corrected chi connectivity index (χ2v) is 6.14. The summed E-state index contributed by atoms with van der Waals surface area (Å²) in [5.74, 6) is 0.402. The van der Waals surface area contributed by atoms with Crippen LogP contribution in [0.3, 0.4) is 0 Å². The lowest BCUT2D eigenvalue weighted by molar-refractivity contribution is -0.00364. The maximum Gasteiger partial charge on any atom is 0.126 e. The molecular formula is C17H25FN2O2. The molecule has 0 aromatic heterocycles. The van der Waals surface area contributed by atoms with Gasteiger partial charge in [-0.1, -0.05) is 6.07 Å². The number of halogens is 1. The first-order valence-electron chi connectivity index (χ1n) is 8.13. The maximum absolute atomic E-state index is 13.3. The highest BCUT2D eigenvalue weighted by Crippen LogP contribution is 2.24. The van der Waals surface area contributed by atoms with Gasteiger partial charge in [-0.2, -0.15) is 0 Å². The molecule has 2 aliphatic heterocycles. The summed E-state index contributed by atoms with van der Waals surface area (Å²) in [4.78, 5) is 5.01. The number of piperidine rings is 1. The Hall–Kier alpha value is -1.17. The van der Waals surface area contributed by atoms with Crippen LogP contribution in [0.2, 0.25) is 0 Å². The van der Waals surface area contributed by atoms with E-state index in [-0.39, 0.29) is 5.82 Å². The van der Waals surface area contributed by atoms with E-state index >= 15 is 0 Å². The fraction of sp³-hybridized carbons (Fsp3) is 0.647. The smallest absolute Gasteiger partial charge is 0.126 e. The van der Waals surface area contributed by atoms with E-state index in [0.29, 0.717) is 11.8 Å². The van der Waals surface area contributed by atoms with Crippen molar-refractivity contribution in [2.75, 3.05) is 46.5 Å². The predicted molar refractivity (Wildman–Crippen MR) is 83.6 cm³/mol. The highest BCUT2D eigenvalue weighted by atomic mass is 19.1. The van der Waals surface area contributed by atoms with E-state index in [1.165, 1.54) is 25.0 Å². The molecule has 0 saturated carbocycles. The second-order valence-electron chi connectivity index (χ2n) is 6.14. The molecule has 0 N–H and O–H groups in total. The normalized spacial score (nSPS) is 24.4. The molecule has 0 bridgehead atoms. The molecule has 122 valence electrons. The van der Waals surface area contributed by atoms with Crippen LogP contribution in [-0.2, 0) is 11.3 Å². The summed E-state index contributed by atoms with van der Waals surface area (Å²) in [6.45, 7) is 6.77. The topological polar surface area (TPSA) is 24.9 Å². The van der Waals surface area contributed by atoms with Gasteiger partial charge in [-0.25, -0.2) is 4.39 Å². The molecule has 3 rings (SSSR count). The number of morpholine rings is 1. The SMILES string of the molecule is COc1cc(F)ccc1CN1CCC[C@H](N2CCOCC2)C1. The zero-order valence-electron chi connectivity index (χ0n) is 13.3. The molecule has 4 nitrogen and oxygen atoms in total. The van der Waals surface area contributed by atoms with E-state index in [2.05, 4.69) is 9.80 Å². The molecule has 0 amide bonds. The van der Waals surface area contributed by atoms with Crippen molar-refractivity contribution >= 4 is 0 Å². The Morgan fingerprint density at radius 2 is 2.09 bits per heavy atom. The minimum Gasteiger partial charge on any atom is -0.496 e. The molecular weight excluding hydrogens is 283 g/mol. The first kappa shape index (κ1) is 15.7. The van der Waals surface area contributed by atoms with Crippen LogP contribution in [0.4, 0.5) is 4.39 Å². The minimum atomic E-state index is -0.245. The lowest BCUT2D eigenvalue weighted by atomic mass is 10.0. The molecule has 0 unspecified atom stereocenters. The van der Waals surface area contributed by atoms with Gasteiger partial charge in [0.15, 0.2) is 0 Å². The van der Waals surface area contributed by atoms with E-state index in [1.54, 1.807) is 7.11 Å². The first-order valence-corrected chi connectivity index (χ1v) is 8.13. The highest BCUT2D eigenvalue weighted by molar-refractivity contribution is 5.34. The van der Waals surface area contributed by atoms with E-state index in [9.17, 15) is 4.39 Å². The van der Waals surface area contributed by atoms with Crippen molar-refractivity contribution in [2.45, 2.75) is 25.4 Å². The van der Waals surface area contributed by atoms with Gasteiger partial charge >= 0.3 is 0 Å². The summed E-state index contributed by atoms with van der Waals surface area (Å²) in [5, 5.41) is 0. The van der Waals surface area contributed by atoms with Crippen LogP contribution in [-0.4, -0.2) is 62.3 Å². The van der Waals surface area contributed by atoms with Gasteiger partial charge in [0, 0.05) is 43.9 Å². The molecule has 1 atom stereocenters. The monoisotopic (exact) mass is 308 g/mol. The molecule has 2 saturated heterocycles. The van der Waals surface area contributed by atoms with Crippen molar-refractivity contribution in [1.29, 1.82) is 0 Å². The van der Waals surface area contributed by atoms with E-state index in [0.717, 1.165) is 51.5 Å². The Bertz CT molecular complexity index is 492. The average molecular weight is 308 g/mol. The van der Waals surface area contributed by atoms with Gasteiger partial charge in [0.2, 0.25) is 0 Å². The zero-order valence-corrected chi connectivity index (χ0v) is 13.3. The quantitative estimate of drug-likeness (QED) is 0.851. The van der Waals surface area contributed by atoms with E-state index < -0.39 is 0 Å². The lowest BCUT2D eigenvalue weighted by Crippen LogP contribution is -2.51. The average Bonchev–Trinajstić information content (AvgIpc) is 2.57. The third-order valence-corrected chi connectivity index (χ3v) is 4.69. The van der Waals surface area contributed by atoms with Crippen LogP contribution in [0.5, 0.6) is 5.75 Å². The Morgan fingerprint density at radius 1 is 1.27 bits per heavy atom. The fourth-order valence-corrected chi connectivity index (χ4v) is 3.51. The fourth-order valence-electron chi connectivity index (χ4n) is 3.51. The molecule has 0 aliphatic carbocycles. The van der Waals surface area contributed by atoms with E-state index in [1.807, 2.05) is 6.07 Å². The zero-order chi connectivity index (χ0) is 15.4. The Morgan fingerprint density at radius 3 is 2.86 bits per heavy atom. The summed E-state index contributed by atoms with van der Waals surface area (Å²) in [6, 6.07) is 5.44. The van der Waals surface area contributed by atoms with Crippen LogP contribution in [0.25, 0.3) is 0 Å². The second kappa shape index (κ2) is 7.40. The number of hydrogen-bond donors (Lipinski definition) is 0. The molecule has 0 radical (unpaired) electrons. The maximum atomic E-state index is 13.3. The number of hydrogen-bond acceptors (Lipinski definition) is 4. The van der Waals surface area contributed by atoms with Gasteiger partial charge in [-0.15, -0.1) is 0 Å². The van der Waals surface area contributed by atoms with Gasteiger partial charge in [0.1, 0.15) is 11.6 Å². The van der Waals surface area contributed by atoms with Crippen LogP contribution in [0, 0.1) is 5.82 Å². The van der Waals surface area contributed by atoms with Crippen LogP contribution in [0.1, 0.15) is 18.4 Å². The van der Waals surface area contributed by atoms with Crippen molar-refractivity contribution in [1.82, 2.24) is 9.80 Å². The summed E-state index contributed by atoms with van der Waals surface area (Å²) in [6.07, 6.45) is 2.47. The number of likely N-dealkylation sites (tertiary alicyclic amines) is 1. The van der Waals surface area contributed by atoms with Crippen LogP contribution < -0.4 is 4.74 Å². The largest absolute Gasteiger partial charge is 0.496 e. The number of rotatable bonds is 4. The standard InChI is InChI=1S/C17H25FN2O2/c1-21-17-11-15(18)5-4-14(17)12-19-6-2-3-16(13-19)20-7-9-22-10-8-20/h4-5,11,16H,2-3,6-10,12-13H2,1H3/t16-/m0/s1. The molecule has 0 spiro atoms. The van der Waals surface area contributed by atoms with Gasteiger partial charge in [-0.05, 0) is 25.5 Å². The van der Waals surface area contributed by atoms with Crippen molar-refractivity contribution < 1.29 is 13.9 Å². The lowest BCUT2D eigenvalue weighted by Gasteiger charge is -2.41. The van der Waals surface area contributed by atoms with Gasteiger partial charge < -0.3 is 9.47 Å². The minimum absolute atomic E-state index is 0.245. The Balaban J connectivity index is 1.62. The molecule has 2 fully saturated rings. The van der Waals surface area contributed by atoms with Gasteiger partial charge in [0.05, 0.1) is 20.3 Å². The summed E-state index contributed by atoms with van der Waals surface area (Å²) < 4.78 is 24.1. The third-order valence-electron chi connectivity index (χ3n) is 4.69. The summed E-state index contributed by atoms with van der Waals surface area (Å²) in [7, 11) is 1.60. The van der Waals surface area contributed by atoms with E-state index in [4.69, 9.17) is 9.47 Å². The van der Waals surface area contributed by atoms with Crippen molar-refractivity contribution in [3.8, 4) is 5.75 Å². The molecule has 22 heavy (non-hydrogen) atoms. The number of benzene rings is 1. The highest BCUT2D eigenvalue weighted by Gasteiger charge is 2.26. The third kappa shape index (κ3) is 3.77. The number of ether oxygens (including phenoxy) is 2. The van der Waals surface area contributed by atoms with Crippen molar-refractivity contribution in [3.63, 3.8) is 0 Å². The van der Waals surface area contributed by atoms with Crippen molar-refractivity contribution in [3.05, 3.63) is 29.6 Å².